The number of carbonyl (C=O) groups is 1. The number of fused-ring (bicyclic) bond motifs is 1. The second-order valence-electron chi connectivity index (χ2n) is 9.89. The molecule has 0 radical (unpaired) electrons. The molecule has 1 heterocycles. The first-order valence-corrected chi connectivity index (χ1v) is 12.6. The highest BCUT2D eigenvalue weighted by Gasteiger charge is 2.37. The Kier molecular flexibility index (Phi) is 6.03. The lowest BCUT2D eigenvalue weighted by molar-refractivity contribution is -0.384. The second-order valence-corrected chi connectivity index (χ2v) is 14.7. The van der Waals surface area contributed by atoms with Gasteiger partial charge in [0.1, 0.15) is 5.60 Å². The molecule has 0 saturated carbocycles. The van der Waals surface area contributed by atoms with Crippen LogP contribution >= 0.6 is 0 Å². The number of non-ortho nitro benzene ring substituents is 1. The Hall–Kier alpha value is -2.19. The maximum atomic E-state index is 12.9. The van der Waals surface area contributed by atoms with Crippen LogP contribution in [-0.4, -0.2) is 29.5 Å². The van der Waals surface area contributed by atoms with Gasteiger partial charge >= 0.3 is 6.09 Å². The third-order valence-electron chi connectivity index (χ3n) is 5.49. The Morgan fingerprint density at radius 1 is 1.17 bits per heavy atom. The monoisotopic (exact) mass is 420 g/mol. The highest BCUT2D eigenvalue weighted by Crippen LogP contribution is 2.38. The lowest BCUT2D eigenvalue weighted by atomic mass is 10.1. The van der Waals surface area contributed by atoms with Crippen LogP contribution in [0.2, 0.25) is 18.1 Å². The molecule has 0 unspecified atom stereocenters. The van der Waals surface area contributed by atoms with Crippen molar-refractivity contribution in [2.45, 2.75) is 78.8 Å². The number of nitro benzene ring substituents is 1. The summed E-state index contributed by atoms with van der Waals surface area (Å²) >= 11 is 0. The first-order valence-electron chi connectivity index (χ1n) is 9.71. The van der Waals surface area contributed by atoms with Crippen molar-refractivity contribution in [1.29, 1.82) is 0 Å². The zero-order valence-corrected chi connectivity index (χ0v) is 19.9. The lowest BCUT2D eigenvalue weighted by Crippen LogP contribution is -2.40. The van der Waals surface area contributed by atoms with E-state index in [-0.39, 0.29) is 17.3 Å². The molecule has 1 aromatic carbocycles. The van der Waals surface area contributed by atoms with Gasteiger partial charge in [-0.25, -0.2) is 9.36 Å². The van der Waals surface area contributed by atoms with Gasteiger partial charge in [0.2, 0.25) is 0 Å². The Balaban J connectivity index is 2.61. The fraction of sp³-hybridized carbons (Fsp3) is 0.571. The van der Waals surface area contributed by atoms with Crippen molar-refractivity contribution in [3.63, 3.8) is 0 Å². The van der Waals surface area contributed by atoms with Crippen LogP contribution in [0.3, 0.4) is 0 Å². The van der Waals surface area contributed by atoms with E-state index in [4.69, 9.17) is 9.16 Å². The number of aromatic nitrogens is 1. The zero-order valence-electron chi connectivity index (χ0n) is 18.9. The molecule has 0 aliphatic carbocycles. The molecule has 7 nitrogen and oxygen atoms in total. The molecule has 0 aliphatic rings. The van der Waals surface area contributed by atoms with Gasteiger partial charge in [-0.15, -0.1) is 0 Å². The van der Waals surface area contributed by atoms with E-state index >= 15 is 0 Å². The highest BCUT2D eigenvalue weighted by atomic mass is 28.4. The quantitative estimate of drug-likeness (QED) is 0.336. The van der Waals surface area contributed by atoms with Crippen molar-refractivity contribution < 1.29 is 18.9 Å². The number of rotatable bonds is 4. The van der Waals surface area contributed by atoms with Crippen LogP contribution in [0.25, 0.3) is 10.9 Å². The van der Waals surface area contributed by atoms with Crippen LogP contribution in [-0.2, 0) is 15.8 Å². The number of ether oxygens (including phenoxy) is 1. The Morgan fingerprint density at radius 3 is 2.24 bits per heavy atom. The van der Waals surface area contributed by atoms with E-state index in [0.717, 1.165) is 5.56 Å². The fourth-order valence-corrected chi connectivity index (χ4v) is 3.72. The summed E-state index contributed by atoms with van der Waals surface area (Å²) in [6.07, 6.45) is -0.507. The van der Waals surface area contributed by atoms with E-state index in [1.807, 2.05) is 6.92 Å². The predicted molar refractivity (Wildman–Crippen MR) is 117 cm³/mol. The number of benzene rings is 1. The van der Waals surface area contributed by atoms with Crippen LogP contribution in [0, 0.1) is 17.0 Å². The molecule has 0 fully saturated rings. The zero-order chi connectivity index (χ0) is 22.4. The molecule has 1 aromatic heterocycles. The fourth-order valence-electron chi connectivity index (χ4n) is 2.78. The van der Waals surface area contributed by atoms with Crippen molar-refractivity contribution >= 4 is 31.0 Å². The third-order valence-corrected chi connectivity index (χ3v) is 9.97. The minimum atomic E-state index is -2.05. The number of hydrogen-bond acceptors (Lipinski definition) is 5. The van der Waals surface area contributed by atoms with Crippen LogP contribution in [0.5, 0.6) is 0 Å². The van der Waals surface area contributed by atoms with Gasteiger partial charge in [0, 0.05) is 28.8 Å². The average Bonchev–Trinajstić information content (AvgIpc) is 2.80. The van der Waals surface area contributed by atoms with Gasteiger partial charge in [-0.2, -0.15) is 0 Å². The molecule has 0 amide bonds. The van der Waals surface area contributed by atoms with Gasteiger partial charge in [0.05, 0.1) is 17.0 Å². The largest absolute Gasteiger partial charge is 0.443 e. The number of carbonyl (C=O) groups excluding carboxylic acids is 1. The van der Waals surface area contributed by atoms with E-state index in [9.17, 15) is 14.9 Å². The minimum absolute atomic E-state index is 0.0209. The average molecular weight is 421 g/mol. The molecule has 8 heteroatoms. The SMILES string of the molecule is Cc1c(CO[Si](C)(C)C(C)(C)C)c2cc([N+](=O)[O-])ccc2n1C(=O)OC(C)(C)C. The molecular formula is C21H32N2O5Si. The summed E-state index contributed by atoms with van der Waals surface area (Å²) in [5.74, 6) is 0. The van der Waals surface area contributed by atoms with Gasteiger partial charge < -0.3 is 9.16 Å². The van der Waals surface area contributed by atoms with Crippen LogP contribution in [0.1, 0.15) is 52.8 Å². The maximum Gasteiger partial charge on any atom is 0.419 e. The van der Waals surface area contributed by atoms with Gasteiger partial charge in [-0.05, 0) is 51.9 Å². The minimum Gasteiger partial charge on any atom is -0.443 e. The Morgan fingerprint density at radius 2 is 1.76 bits per heavy atom. The summed E-state index contributed by atoms with van der Waals surface area (Å²) in [5, 5.41) is 12.0. The summed E-state index contributed by atoms with van der Waals surface area (Å²) in [7, 11) is -2.05. The van der Waals surface area contributed by atoms with Gasteiger partial charge in [-0.1, -0.05) is 20.8 Å². The van der Waals surface area contributed by atoms with Crippen molar-refractivity contribution in [2.75, 3.05) is 0 Å². The maximum absolute atomic E-state index is 12.9. The normalized spacial score (nSPS) is 13.0. The van der Waals surface area contributed by atoms with Gasteiger partial charge in [0.25, 0.3) is 5.69 Å². The molecule has 0 spiro atoms. The van der Waals surface area contributed by atoms with E-state index in [0.29, 0.717) is 16.6 Å². The van der Waals surface area contributed by atoms with E-state index < -0.39 is 24.9 Å². The summed E-state index contributed by atoms with van der Waals surface area (Å²) in [5.41, 5.74) is 1.36. The number of hydrogen-bond donors (Lipinski definition) is 0. The Bertz CT molecular complexity index is 949. The standard InChI is InChI=1S/C21H32N2O5Si/c1-14-17(13-27-29(8,9)21(5,6)7)16-12-15(23(25)26)10-11-18(16)22(14)19(24)28-20(2,3)4/h10-12H,13H2,1-9H3. The number of nitro groups is 1. The second kappa shape index (κ2) is 7.57. The molecule has 2 aromatic rings. The molecule has 0 aliphatic heterocycles. The molecule has 0 atom stereocenters. The summed E-state index contributed by atoms with van der Waals surface area (Å²) in [6.45, 7) is 18.3. The molecule has 2 rings (SSSR count). The van der Waals surface area contributed by atoms with Gasteiger partial charge in [0.15, 0.2) is 8.32 Å². The van der Waals surface area contributed by atoms with Crippen molar-refractivity contribution in [3.8, 4) is 0 Å². The molecule has 0 saturated heterocycles. The topological polar surface area (TPSA) is 83.6 Å². The number of nitrogens with zero attached hydrogens (tertiary/aromatic N) is 2. The van der Waals surface area contributed by atoms with Crippen LogP contribution < -0.4 is 0 Å². The van der Waals surface area contributed by atoms with Crippen molar-refractivity contribution in [2.24, 2.45) is 0 Å². The lowest BCUT2D eigenvalue weighted by Gasteiger charge is -2.36. The first kappa shape index (κ1) is 23.1. The van der Waals surface area contributed by atoms with Crippen molar-refractivity contribution in [1.82, 2.24) is 4.57 Å². The summed E-state index contributed by atoms with van der Waals surface area (Å²) in [6, 6.07) is 4.51. The molecule has 160 valence electrons. The van der Waals surface area contributed by atoms with E-state index in [1.54, 1.807) is 26.8 Å². The van der Waals surface area contributed by atoms with Crippen LogP contribution in [0.15, 0.2) is 18.2 Å². The molecule has 29 heavy (non-hydrogen) atoms. The van der Waals surface area contributed by atoms with E-state index in [1.165, 1.54) is 16.7 Å². The summed E-state index contributed by atoms with van der Waals surface area (Å²) < 4.78 is 13.4. The third kappa shape index (κ3) is 4.87. The van der Waals surface area contributed by atoms with Crippen LogP contribution in [0.4, 0.5) is 10.5 Å². The van der Waals surface area contributed by atoms with Gasteiger partial charge in [-0.3, -0.25) is 10.1 Å². The smallest absolute Gasteiger partial charge is 0.419 e. The molecule has 0 bridgehead atoms. The predicted octanol–water partition coefficient (Wildman–Crippen LogP) is 6.16. The first-order chi connectivity index (χ1) is 13.0. The summed E-state index contributed by atoms with van der Waals surface area (Å²) in [4.78, 5) is 23.7. The molecular weight excluding hydrogens is 388 g/mol. The van der Waals surface area contributed by atoms with E-state index in [2.05, 4.69) is 33.9 Å². The molecule has 0 N–H and O–H groups in total. The Labute approximate surface area is 173 Å². The highest BCUT2D eigenvalue weighted by molar-refractivity contribution is 6.74. The van der Waals surface area contributed by atoms with Crippen molar-refractivity contribution in [3.05, 3.63) is 39.6 Å².